The van der Waals surface area contributed by atoms with Gasteiger partial charge in [0.05, 0.1) is 20.3 Å². The Kier molecular flexibility index (Phi) is 7.68. The molecule has 0 spiro atoms. The molecule has 2 aliphatic rings. The van der Waals surface area contributed by atoms with Crippen LogP contribution in [-0.4, -0.2) is 74.8 Å². The van der Waals surface area contributed by atoms with E-state index >= 15 is 0 Å². The molecule has 0 unspecified atom stereocenters. The van der Waals surface area contributed by atoms with Crippen LogP contribution in [0.25, 0.3) is 0 Å². The van der Waals surface area contributed by atoms with Crippen LogP contribution in [0.5, 0.6) is 0 Å². The molecule has 7 heteroatoms. The van der Waals surface area contributed by atoms with Gasteiger partial charge >= 0.3 is 12.0 Å². The van der Waals surface area contributed by atoms with Crippen LogP contribution in [0.15, 0.2) is 24.3 Å². The van der Waals surface area contributed by atoms with E-state index < -0.39 is 5.97 Å². The molecule has 0 aliphatic carbocycles. The molecule has 0 atom stereocenters. The Balaban J connectivity index is 1.39. The lowest BCUT2D eigenvalue weighted by molar-refractivity contribution is -0.139. The fourth-order valence-corrected chi connectivity index (χ4v) is 3.80. The number of morpholine rings is 1. The Hall–Kier alpha value is -2.12. The van der Waals surface area contributed by atoms with Gasteiger partial charge in [-0.1, -0.05) is 24.3 Å². The van der Waals surface area contributed by atoms with Gasteiger partial charge in [0.25, 0.3) is 0 Å². The van der Waals surface area contributed by atoms with Gasteiger partial charge in [0.2, 0.25) is 0 Å². The van der Waals surface area contributed by atoms with Crippen molar-refractivity contribution < 1.29 is 19.1 Å². The first-order valence-electron chi connectivity index (χ1n) is 10.1. The summed E-state index contributed by atoms with van der Waals surface area (Å²) < 4.78 is 9.94. The second-order valence-electron chi connectivity index (χ2n) is 7.57. The summed E-state index contributed by atoms with van der Waals surface area (Å²) in [6.45, 7) is 6.05. The van der Waals surface area contributed by atoms with Crippen LogP contribution in [-0.2, 0) is 27.2 Å². The average molecular weight is 389 g/mol. The molecule has 2 fully saturated rings. The Morgan fingerprint density at radius 1 is 1.07 bits per heavy atom. The molecule has 2 saturated heterocycles. The SMILES string of the molecule is COC(=O)CNC(=O)N1CCC(Cc2ccc(CN3CCOCC3)cc2)CC1. The third-order valence-corrected chi connectivity index (χ3v) is 5.57. The number of piperidine rings is 1. The van der Waals surface area contributed by atoms with Crippen molar-refractivity contribution in [2.75, 3.05) is 53.0 Å². The lowest BCUT2D eigenvalue weighted by Crippen LogP contribution is -2.46. The van der Waals surface area contributed by atoms with Crippen LogP contribution in [0.1, 0.15) is 24.0 Å². The number of ether oxygens (including phenoxy) is 2. The number of hydrogen-bond donors (Lipinski definition) is 1. The number of nitrogens with zero attached hydrogens (tertiary/aromatic N) is 2. The van der Waals surface area contributed by atoms with Crippen molar-refractivity contribution in [3.63, 3.8) is 0 Å². The number of rotatable bonds is 6. The summed E-state index contributed by atoms with van der Waals surface area (Å²) in [6, 6.07) is 8.77. The summed E-state index contributed by atoms with van der Waals surface area (Å²) in [5.74, 6) is 0.162. The summed E-state index contributed by atoms with van der Waals surface area (Å²) in [5, 5.41) is 2.61. The van der Waals surface area contributed by atoms with Gasteiger partial charge in [-0.05, 0) is 36.3 Å². The fraction of sp³-hybridized carbons (Fsp3) is 0.619. The zero-order valence-corrected chi connectivity index (χ0v) is 16.7. The van der Waals surface area contributed by atoms with Crippen LogP contribution >= 0.6 is 0 Å². The molecule has 1 N–H and O–H groups in total. The summed E-state index contributed by atoms with van der Waals surface area (Å²) in [6.07, 6.45) is 3.03. The quantitative estimate of drug-likeness (QED) is 0.750. The number of amides is 2. The van der Waals surface area contributed by atoms with E-state index in [0.717, 1.165) is 65.2 Å². The van der Waals surface area contributed by atoms with Crippen molar-refractivity contribution in [3.8, 4) is 0 Å². The number of urea groups is 1. The van der Waals surface area contributed by atoms with E-state index in [9.17, 15) is 9.59 Å². The van der Waals surface area contributed by atoms with E-state index in [2.05, 4.69) is 39.2 Å². The molecule has 1 aromatic rings. The van der Waals surface area contributed by atoms with Gasteiger partial charge in [-0.3, -0.25) is 9.69 Å². The normalized spacial score (nSPS) is 18.7. The van der Waals surface area contributed by atoms with Crippen molar-refractivity contribution in [3.05, 3.63) is 35.4 Å². The summed E-state index contributed by atoms with van der Waals surface area (Å²) in [5.41, 5.74) is 2.71. The Labute approximate surface area is 167 Å². The molecule has 2 aliphatic heterocycles. The number of likely N-dealkylation sites (tertiary alicyclic amines) is 1. The van der Waals surface area contributed by atoms with Gasteiger partial charge in [-0.15, -0.1) is 0 Å². The molecule has 0 aromatic heterocycles. The first kappa shape index (κ1) is 20.6. The Morgan fingerprint density at radius 2 is 1.71 bits per heavy atom. The number of methoxy groups -OCH3 is 1. The molecule has 0 saturated carbocycles. The minimum absolute atomic E-state index is 0.0773. The number of esters is 1. The number of carbonyl (C=O) groups excluding carboxylic acids is 2. The molecule has 7 nitrogen and oxygen atoms in total. The minimum atomic E-state index is -0.430. The van der Waals surface area contributed by atoms with Gasteiger partial charge in [0.15, 0.2) is 0 Å². The van der Waals surface area contributed by atoms with E-state index in [1.807, 2.05) is 0 Å². The largest absolute Gasteiger partial charge is 0.468 e. The minimum Gasteiger partial charge on any atom is -0.468 e. The predicted molar refractivity (Wildman–Crippen MR) is 106 cm³/mol. The molecular formula is C21H31N3O4. The van der Waals surface area contributed by atoms with Crippen LogP contribution in [0, 0.1) is 5.92 Å². The van der Waals surface area contributed by atoms with Crippen molar-refractivity contribution in [2.45, 2.75) is 25.8 Å². The van der Waals surface area contributed by atoms with E-state index in [1.54, 1.807) is 4.90 Å². The smallest absolute Gasteiger partial charge is 0.325 e. The summed E-state index contributed by atoms with van der Waals surface area (Å²) in [7, 11) is 1.31. The number of nitrogens with one attached hydrogen (secondary N) is 1. The zero-order valence-electron chi connectivity index (χ0n) is 16.7. The highest BCUT2D eigenvalue weighted by Gasteiger charge is 2.23. The van der Waals surface area contributed by atoms with Crippen molar-refractivity contribution in [1.29, 1.82) is 0 Å². The molecule has 2 amide bonds. The highest BCUT2D eigenvalue weighted by Crippen LogP contribution is 2.22. The zero-order chi connectivity index (χ0) is 19.8. The second kappa shape index (κ2) is 10.4. The maximum absolute atomic E-state index is 12.1. The topological polar surface area (TPSA) is 71.1 Å². The van der Waals surface area contributed by atoms with E-state index in [4.69, 9.17) is 4.74 Å². The molecule has 0 bridgehead atoms. The number of benzene rings is 1. The highest BCUT2D eigenvalue weighted by atomic mass is 16.5. The van der Waals surface area contributed by atoms with Crippen LogP contribution in [0.2, 0.25) is 0 Å². The Bertz CT molecular complexity index is 636. The standard InChI is InChI=1S/C21H31N3O4/c1-27-20(25)15-22-21(26)24-8-6-18(7-9-24)14-17-2-4-19(5-3-17)16-23-10-12-28-13-11-23/h2-5,18H,6-16H2,1H3,(H,22,26). The molecule has 0 radical (unpaired) electrons. The summed E-state index contributed by atoms with van der Waals surface area (Å²) in [4.78, 5) is 27.4. The van der Waals surface area contributed by atoms with Gasteiger partial charge in [0.1, 0.15) is 6.54 Å². The van der Waals surface area contributed by atoms with Gasteiger partial charge in [0, 0.05) is 32.7 Å². The fourth-order valence-electron chi connectivity index (χ4n) is 3.80. The van der Waals surface area contributed by atoms with Crippen molar-refractivity contribution in [1.82, 2.24) is 15.1 Å². The van der Waals surface area contributed by atoms with Gasteiger partial charge in [-0.2, -0.15) is 0 Å². The first-order chi connectivity index (χ1) is 13.6. The average Bonchev–Trinajstić information content (AvgIpc) is 2.74. The molecule has 2 heterocycles. The maximum atomic E-state index is 12.1. The third-order valence-electron chi connectivity index (χ3n) is 5.57. The molecule has 28 heavy (non-hydrogen) atoms. The monoisotopic (exact) mass is 389 g/mol. The molecule has 154 valence electrons. The number of carbonyl (C=O) groups is 2. The van der Waals surface area contributed by atoms with Crippen molar-refractivity contribution >= 4 is 12.0 Å². The second-order valence-corrected chi connectivity index (χ2v) is 7.57. The van der Waals surface area contributed by atoms with Crippen molar-refractivity contribution in [2.24, 2.45) is 5.92 Å². The van der Waals surface area contributed by atoms with Crippen LogP contribution in [0.4, 0.5) is 4.79 Å². The van der Waals surface area contributed by atoms with Gasteiger partial charge < -0.3 is 19.7 Å². The molecular weight excluding hydrogens is 358 g/mol. The lowest BCUT2D eigenvalue weighted by Gasteiger charge is -2.32. The van der Waals surface area contributed by atoms with Gasteiger partial charge in [-0.25, -0.2) is 4.79 Å². The maximum Gasteiger partial charge on any atom is 0.325 e. The van der Waals surface area contributed by atoms with E-state index in [1.165, 1.54) is 18.2 Å². The third kappa shape index (κ3) is 6.21. The number of hydrogen-bond acceptors (Lipinski definition) is 5. The van der Waals surface area contributed by atoms with E-state index in [0.29, 0.717) is 5.92 Å². The molecule has 3 rings (SSSR count). The van der Waals surface area contributed by atoms with Crippen LogP contribution in [0.3, 0.4) is 0 Å². The first-order valence-corrected chi connectivity index (χ1v) is 10.1. The molecule has 1 aromatic carbocycles. The van der Waals surface area contributed by atoms with Crippen LogP contribution < -0.4 is 5.32 Å². The summed E-state index contributed by atoms with van der Waals surface area (Å²) >= 11 is 0. The highest BCUT2D eigenvalue weighted by molar-refractivity contribution is 5.80. The lowest BCUT2D eigenvalue weighted by atomic mass is 9.90. The van der Waals surface area contributed by atoms with E-state index in [-0.39, 0.29) is 12.6 Å². The predicted octanol–water partition coefficient (Wildman–Crippen LogP) is 1.66. The Morgan fingerprint density at radius 3 is 2.36 bits per heavy atom.